The van der Waals surface area contributed by atoms with Crippen molar-refractivity contribution in [3.63, 3.8) is 0 Å². The third-order valence-electron chi connectivity index (χ3n) is 3.13. The van der Waals surface area contributed by atoms with Crippen LogP contribution < -0.4 is 5.73 Å². The molecule has 0 fully saturated rings. The number of carbonyl (C=O) groups excluding carboxylic acids is 1. The van der Waals surface area contributed by atoms with E-state index in [0.717, 1.165) is 5.56 Å². The van der Waals surface area contributed by atoms with Crippen LogP contribution in [0.1, 0.15) is 15.9 Å². The van der Waals surface area contributed by atoms with E-state index in [1.165, 1.54) is 12.1 Å². The fraction of sp³-hybridized carbons (Fsp3) is 0.188. The quantitative estimate of drug-likeness (QED) is 0.870. The Balaban J connectivity index is 1.96. The monoisotopic (exact) mass is 272 g/mol. The van der Waals surface area contributed by atoms with Gasteiger partial charge in [0.05, 0.1) is 0 Å². The molecule has 0 saturated carbocycles. The normalized spacial score (nSPS) is 10.3. The number of nitrogens with zero attached hydrogens (tertiary/aromatic N) is 1. The van der Waals surface area contributed by atoms with Crippen LogP contribution in [0, 0.1) is 5.82 Å². The van der Waals surface area contributed by atoms with Gasteiger partial charge in [-0.2, -0.15) is 0 Å². The van der Waals surface area contributed by atoms with Gasteiger partial charge in [-0.3, -0.25) is 4.79 Å². The molecular formula is C16H17FN2O. The van der Waals surface area contributed by atoms with Crippen LogP contribution in [0.3, 0.4) is 0 Å². The van der Waals surface area contributed by atoms with Gasteiger partial charge in [-0.1, -0.05) is 18.2 Å². The second-order valence-electron chi connectivity index (χ2n) is 4.73. The number of nitrogen functional groups attached to an aromatic ring is 1. The van der Waals surface area contributed by atoms with Crippen molar-refractivity contribution in [1.82, 2.24) is 4.90 Å². The standard InChI is InChI=1S/C16H17FN2O/c1-19(10-9-12-5-7-14(17)8-6-12)16(20)13-3-2-4-15(18)11-13/h2-8,11H,9-10,18H2,1H3. The highest BCUT2D eigenvalue weighted by atomic mass is 19.1. The zero-order valence-electron chi connectivity index (χ0n) is 11.3. The number of anilines is 1. The summed E-state index contributed by atoms with van der Waals surface area (Å²) >= 11 is 0. The summed E-state index contributed by atoms with van der Waals surface area (Å²) in [7, 11) is 1.75. The summed E-state index contributed by atoms with van der Waals surface area (Å²) in [5.74, 6) is -0.322. The molecule has 20 heavy (non-hydrogen) atoms. The zero-order valence-corrected chi connectivity index (χ0v) is 11.3. The highest BCUT2D eigenvalue weighted by Gasteiger charge is 2.11. The van der Waals surface area contributed by atoms with Crippen LogP contribution in [0.2, 0.25) is 0 Å². The van der Waals surface area contributed by atoms with Crippen LogP contribution in [0.15, 0.2) is 48.5 Å². The highest BCUT2D eigenvalue weighted by molar-refractivity contribution is 5.94. The van der Waals surface area contributed by atoms with Crippen molar-refractivity contribution in [3.8, 4) is 0 Å². The van der Waals surface area contributed by atoms with Crippen molar-refractivity contribution in [1.29, 1.82) is 0 Å². The Bertz CT molecular complexity index is 596. The molecule has 0 aliphatic heterocycles. The molecule has 0 aliphatic carbocycles. The van der Waals surface area contributed by atoms with Crippen molar-refractivity contribution in [2.24, 2.45) is 0 Å². The molecule has 3 nitrogen and oxygen atoms in total. The van der Waals surface area contributed by atoms with Gasteiger partial charge >= 0.3 is 0 Å². The maximum atomic E-state index is 12.8. The van der Waals surface area contributed by atoms with E-state index in [4.69, 9.17) is 5.73 Å². The number of carbonyl (C=O) groups is 1. The lowest BCUT2D eigenvalue weighted by Crippen LogP contribution is -2.28. The second kappa shape index (κ2) is 6.19. The summed E-state index contributed by atoms with van der Waals surface area (Å²) < 4.78 is 12.8. The smallest absolute Gasteiger partial charge is 0.253 e. The van der Waals surface area contributed by atoms with Crippen LogP contribution in [0.4, 0.5) is 10.1 Å². The number of nitrogens with two attached hydrogens (primary N) is 1. The summed E-state index contributed by atoms with van der Waals surface area (Å²) in [4.78, 5) is 13.8. The van der Waals surface area contributed by atoms with Crippen molar-refractivity contribution >= 4 is 11.6 Å². The predicted molar refractivity (Wildman–Crippen MR) is 77.9 cm³/mol. The van der Waals surface area contributed by atoms with Gasteiger partial charge in [0.25, 0.3) is 5.91 Å². The van der Waals surface area contributed by atoms with E-state index in [-0.39, 0.29) is 11.7 Å². The maximum Gasteiger partial charge on any atom is 0.253 e. The van der Waals surface area contributed by atoms with Crippen molar-refractivity contribution in [3.05, 3.63) is 65.5 Å². The van der Waals surface area contributed by atoms with Crippen LogP contribution in [-0.2, 0) is 6.42 Å². The topological polar surface area (TPSA) is 46.3 Å². The van der Waals surface area contributed by atoms with Gasteiger partial charge in [0.1, 0.15) is 5.82 Å². The molecule has 0 spiro atoms. The SMILES string of the molecule is CN(CCc1ccc(F)cc1)C(=O)c1cccc(N)c1. The Hall–Kier alpha value is -2.36. The Morgan fingerprint density at radius 3 is 2.55 bits per heavy atom. The number of benzene rings is 2. The number of hydrogen-bond donors (Lipinski definition) is 1. The fourth-order valence-electron chi connectivity index (χ4n) is 1.94. The molecule has 0 bridgehead atoms. The molecule has 1 amide bonds. The third-order valence-corrected chi connectivity index (χ3v) is 3.13. The maximum absolute atomic E-state index is 12.8. The summed E-state index contributed by atoms with van der Waals surface area (Å²) in [6, 6.07) is 13.2. The van der Waals surface area contributed by atoms with Crippen molar-refractivity contribution in [2.75, 3.05) is 19.3 Å². The molecule has 0 aromatic heterocycles. The van der Waals surface area contributed by atoms with Gasteiger partial charge in [0, 0.05) is 24.8 Å². The number of amides is 1. The molecule has 2 rings (SSSR count). The number of likely N-dealkylation sites (N-methyl/N-ethyl adjacent to an activating group) is 1. The molecule has 0 aliphatic rings. The average Bonchev–Trinajstić information content (AvgIpc) is 2.45. The Labute approximate surface area is 117 Å². The number of rotatable bonds is 4. The molecule has 0 radical (unpaired) electrons. The summed E-state index contributed by atoms with van der Waals surface area (Å²) in [5, 5.41) is 0. The molecule has 2 N–H and O–H groups in total. The van der Waals surface area contributed by atoms with Crippen LogP contribution in [0.5, 0.6) is 0 Å². The molecular weight excluding hydrogens is 255 g/mol. The van der Waals surface area contributed by atoms with E-state index in [9.17, 15) is 9.18 Å². The lowest BCUT2D eigenvalue weighted by atomic mass is 10.1. The Kier molecular flexibility index (Phi) is 4.35. The van der Waals surface area contributed by atoms with Gasteiger partial charge in [-0.15, -0.1) is 0 Å². The summed E-state index contributed by atoms with van der Waals surface area (Å²) in [6.45, 7) is 0.569. The predicted octanol–water partition coefficient (Wildman–Crippen LogP) is 2.72. The molecule has 0 heterocycles. The first-order valence-corrected chi connectivity index (χ1v) is 6.42. The van der Waals surface area contributed by atoms with Gasteiger partial charge in [0.15, 0.2) is 0 Å². The zero-order chi connectivity index (χ0) is 14.5. The third kappa shape index (κ3) is 3.57. The first kappa shape index (κ1) is 14.1. The lowest BCUT2D eigenvalue weighted by molar-refractivity contribution is 0.0796. The molecule has 4 heteroatoms. The van der Waals surface area contributed by atoms with Crippen molar-refractivity contribution < 1.29 is 9.18 Å². The average molecular weight is 272 g/mol. The van der Waals surface area contributed by atoms with Gasteiger partial charge in [0.2, 0.25) is 0 Å². The minimum atomic E-state index is -0.252. The minimum absolute atomic E-state index is 0.0700. The van der Waals surface area contributed by atoms with Crippen LogP contribution in [0.25, 0.3) is 0 Å². The van der Waals surface area contributed by atoms with Gasteiger partial charge in [-0.25, -0.2) is 4.39 Å². The largest absolute Gasteiger partial charge is 0.399 e. The molecule has 0 unspecified atom stereocenters. The molecule has 0 atom stereocenters. The van der Waals surface area contributed by atoms with E-state index in [1.807, 2.05) is 0 Å². The molecule has 0 saturated heterocycles. The summed E-state index contributed by atoms with van der Waals surface area (Å²) in [5.41, 5.74) is 7.82. The number of hydrogen-bond acceptors (Lipinski definition) is 2. The first-order valence-electron chi connectivity index (χ1n) is 6.42. The van der Waals surface area contributed by atoms with Gasteiger partial charge in [-0.05, 0) is 42.3 Å². The van der Waals surface area contributed by atoms with Crippen LogP contribution >= 0.6 is 0 Å². The Morgan fingerprint density at radius 2 is 1.90 bits per heavy atom. The second-order valence-corrected chi connectivity index (χ2v) is 4.73. The lowest BCUT2D eigenvalue weighted by Gasteiger charge is -2.17. The Morgan fingerprint density at radius 1 is 1.20 bits per heavy atom. The molecule has 2 aromatic carbocycles. The van der Waals surface area contributed by atoms with E-state index in [1.54, 1.807) is 48.3 Å². The van der Waals surface area contributed by atoms with Crippen molar-refractivity contribution in [2.45, 2.75) is 6.42 Å². The fourth-order valence-corrected chi connectivity index (χ4v) is 1.94. The minimum Gasteiger partial charge on any atom is -0.399 e. The van der Waals surface area contributed by atoms with E-state index in [2.05, 4.69) is 0 Å². The summed E-state index contributed by atoms with van der Waals surface area (Å²) in [6.07, 6.45) is 0.685. The molecule has 104 valence electrons. The van der Waals surface area contributed by atoms with E-state index in [0.29, 0.717) is 24.2 Å². The van der Waals surface area contributed by atoms with E-state index < -0.39 is 0 Å². The number of halogens is 1. The first-order chi connectivity index (χ1) is 9.56. The van der Waals surface area contributed by atoms with Crippen LogP contribution in [-0.4, -0.2) is 24.4 Å². The highest BCUT2D eigenvalue weighted by Crippen LogP contribution is 2.10. The van der Waals surface area contributed by atoms with E-state index >= 15 is 0 Å². The molecule has 2 aromatic rings. The van der Waals surface area contributed by atoms with Gasteiger partial charge < -0.3 is 10.6 Å².